The van der Waals surface area contributed by atoms with Crippen LogP contribution in [0.3, 0.4) is 0 Å². The van der Waals surface area contributed by atoms with Gasteiger partial charge >= 0.3 is 0 Å². The molecule has 2 aromatic carbocycles. The van der Waals surface area contributed by atoms with E-state index in [0.717, 1.165) is 4.90 Å². The van der Waals surface area contributed by atoms with Gasteiger partial charge in [-0.25, -0.2) is 0 Å². The summed E-state index contributed by atoms with van der Waals surface area (Å²) in [4.78, 5) is 24.8. The second-order valence-electron chi connectivity index (χ2n) is 4.59. The van der Waals surface area contributed by atoms with Gasteiger partial charge in [-0.2, -0.15) is 0 Å². The molecule has 0 radical (unpaired) electrons. The number of hydrogen-bond acceptors (Lipinski definition) is 4. The Labute approximate surface area is 157 Å². The first-order valence-corrected chi connectivity index (χ1v) is 8.96. The van der Waals surface area contributed by atoms with Gasteiger partial charge < -0.3 is 4.74 Å². The quantitative estimate of drug-likeness (QED) is 0.562. The zero-order valence-corrected chi connectivity index (χ0v) is 15.8. The van der Waals surface area contributed by atoms with E-state index in [-0.39, 0.29) is 11.7 Å². The van der Waals surface area contributed by atoms with E-state index in [2.05, 4.69) is 26.8 Å². The van der Waals surface area contributed by atoms with Crippen LogP contribution in [0.1, 0.15) is 10.4 Å². The van der Waals surface area contributed by atoms with E-state index in [1.54, 1.807) is 30.3 Å². The highest BCUT2D eigenvalue weighted by Crippen LogP contribution is 2.22. The van der Waals surface area contributed by atoms with Crippen molar-refractivity contribution in [3.05, 3.63) is 57.5 Å². The lowest BCUT2D eigenvalue weighted by molar-refractivity contribution is -0.119. The number of amides is 2. The van der Waals surface area contributed by atoms with Gasteiger partial charge in [0.25, 0.3) is 5.91 Å². The van der Waals surface area contributed by atoms with Crippen LogP contribution in [-0.2, 0) is 4.79 Å². The van der Waals surface area contributed by atoms with Crippen LogP contribution in [-0.4, -0.2) is 24.7 Å². The molecule has 0 aliphatic heterocycles. The minimum Gasteiger partial charge on any atom is -0.497 e. The van der Waals surface area contributed by atoms with E-state index >= 15 is 0 Å². The number of methoxy groups -OCH3 is 1. The molecule has 0 spiro atoms. The molecule has 0 atom stereocenters. The number of thioether (sulfide) groups is 1. The van der Waals surface area contributed by atoms with Crippen molar-refractivity contribution in [1.82, 2.24) is 10.9 Å². The van der Waals surface area contributed by atoms with Gasteiger partial charge in [0, 0.05) is 14.4 Å². The Bertz CT molecular complexity index is 741. The number of ether oxygens (including phenoxy) is 1. The van der Waals surface area contributed by atoms with E-state index in [0.29, 0.717) is 20.8 Å². The highest BCUT2D eigenvalue weighted by molar-refractivity contribution is 9.10. The van der Waals surface area contributed by atoms with Gasteiger partial charge in [-0.15, -0.1) is 11.8 Å². The van der Waals surface area contributed by atoms with Gasteiger partial charge in [0.15, 0.2) is 0 Å². The minimum atomic E-state index is -0.439. The highest BCUT2D eigenvalue weighted by atomic mass is 79.9. The first kappa shape index (κ1) is 18.6. The summed E-state index contributed by atoms with van der Waals surface area (Å²) in [5, 5.41) is 0.639. The third-order valence-electron chi connectivity index (χ3n) is 2.92. The van der Waals surface area contributed by atoms with Crippen molar-refractivity contribution in [3.8, 4) is 5.75 Å². The van der Waals surface area contributed by atoms with Crippen molar-refractivity contribution in [3.63, 3.8) is 0 Å². The SMILES string of the molecule is COc1ccc(Br)c(C(=O)NNC(=O)CSc2ccc(Cl)cc2)c1. The normalized spacial score (nSPS) is 10.1. The molecular formula is C16H14BrClN2O3S. The molecule has 126 valence electrons. The Morgan fingerprint density at radius 3 is 2.54 bits per heavy atom. The van der Waals surface area contributed by atoms with Crippen LogP contribution >= 0.6 is 39.3 Å². The summed E-state index contributed by atoms with van der Waals surface area (Å²) in [6.45, 7) is 0. The van der Waals surface area contributed by atoms with Crippen LogP contribution < -0.4 is 15.6 Å². The van der Waals surface area contributed by atoms with E-state index in [4.69, 9.17) is 16.3 Å². The molecular weight excluding hydrogens is 416 g/mol. The third-order valence-corrected chi connectivity index (χ3v) is 4.87. The van der Waals surface area contributed by atoms with Crippen LogP contribution in [0.25, 0.3) is 0 Å². The molecule has 2 amide bonds. The Morgan fingerprint density at radius 1 is 1.17 bits per heavy atom. The maximum Gasteiger partial charge on any atom is 0.270 e. The number of benzene rings is 2. The fraction of sp³-hybridized carbons (Fsp3) is 0.125. The Kier molecular flexibility index (Phi) is 6.96. The van der Waals surface area contributed by atoms with Gasteiger partial charge in [0.1, 0.15) is 5.75 Å². The number of rotatable bonds is 5. The molecule has 0 saturated carbocycles. The largest absolute Gasteiger partial charge is 0.497 e. The van der Waals surface area contributed by atoms with Crippen molar-refractivity contribution in [1.29, 1.82) is 0 Å². The molecule has 0 aliphatic rings. The van der Waals surface area contributed by atoms with Crippen LogP contribution in [0.5, 0.6) is 5.75 Å². The fourth-order valence-corrected chi connectivity index (χ4v) is 2.97. The van der Waals surface area contributed by atoms with E-state index < -0.39 is 5.91 Å². The summed E-state index contributed by atoms with van der Waals surface area (Å²) in [5.74, 6) is -0.0396. The van der Waals surface area contributed by atoms with Crippen LogP contribution in [0, 0.1) is 0 Å². The first-order chi connectivity index (χ1) is 11.5. The van der Waals surface area contributed by atoms with Gasteiger partial charge in [-0.1, -0.05) is 11.6 Å². The summed E-state index contributed by atoms with van der Waals surface area (Å²) in [5.41, 5.74) is 5.12. The van der Waals surface area contributed by atoms with Crippen molar-refractivity contribution < 1.29 is 14.3 Å². The van der Waals surface area contributed by atoms with Crippen molar-refractivity contribution >= 4 is 51.1 Å². The number of hydrazine groups is 1. The molecule has 2 N–H and O–H groups in total. The van der Waals surface area contributed by atoms with Gasteiger partial charge in [0.05, 0.1) is 18.4 Å². The smallest absolute Gasteiger partial charge is 0.270 e. The van der Waals surface area contributed by atoms with Crippen molar-refractivity contribution in [2.75, 3.05) is 12.9 Å². The predicted molar refractivity (Wildman–Crippen MR) is 98.5 cm³/mol. The summed E-state index contributed by atoms with van der Waals surface area (Å²) in [6, 6.07) is 12.2. The third kappa shape index (κ3) is 5.43. The Balaban J connectivity index is 1.85. The zero-order chi connectivity index (χ0) is 17.5. The number of hydrogen-bond donors (Lipinski definition) is 2. The van der Waals surface area contributed by atoms with Crippen LogP contribution in [0.15, 0.2) is 51.8 Å². The molecule has 0 saturated heterocycles. The predicted octanol–water partition coefficient (Wildman–Crippen LogP) is 3.66. The monoisotopic (exact) mass is 428 g/mol. The van der Waals surface area contributed by atoms with E-state index in [9.17, 15) is 9.59 Å². The van der Waals surface area contributed by atoms with Gasteiger partial charge in [-0.05, 0) is 58.4 Å². The average Bonchev–Trinajstić information content (AvgIpc) is 2.59. The van der Waals surface area contributed by atoms with E-state index in [1.165, 1.54) is 18.9 Å². The molecule has 0 unspecified atom stereocenters. The summed E-state index contributed by atoms with van der Waals surface area (Å²) < 4.78 is 5.68. The minimum absolute atomic E-state index is 0.168. The molecule has 2 rings (SSSR count). The van der Waals surface area contributed by atoms with E-state index in [1.807, 2.05) is 12.1 Å². The molecule has 0 heterocycles. The van der Waals surface area contributed by atoms with Crippen molar-refractivity contribution in [2.45, 2.75) is 4.90 Å². The number of halogens is 2. The lowest BCUT2D eigenvalue weighted by Crippen LogP contribution is -2.42. The number of nitrogens with one attached hydrogen (secondary N) is 2. The van der Waals surface area contributed by atoms with Crippen LogP contribution in [0.2, 0.25) is 5.02 Å². The zero-order valence-electron chi connectivity index (χ0n) is 12.6. The van der Waals surface area contributed by atoms with Gasteiger partial charge in [0.2, 0.25) is 5.91 Å². The summed E-state index contributed by atoms with van der Waals surface area (Å²) in [7, 11) is 1.51. The molecule has 0 bridgehead atoms. The highest BCUT2D eigenvalue weighted by Gasteiger charge is 2.12. The summed E-state index contributed by atoms with van der Waals surface area (Å²) in [6.07, 6.45) is 0. The standard InChI is InChI=1S/C16H14BrClN2O3S/c1-23-11-4-7-14(17)13(8-11)16(22)20-19-15(21)9-24-12-5-2-10(18)3-6-12/h2-8H,9H2,1H3,(H,19,21)(H,20,22). The molecule has 0 fully saturated rings. The number of carbonyl (C=O) groups is 2. The molecule has 0 aromatic heterocycles. The van der Waals surface area contributed by atoms with Crippen LogP contribution in [0.4, 0.5) is 0 Å². The second kappa shape index (κ2) is 8.96. The fourth-order valence-electron chi connectivity index (χ4n) is 1.71. The molecule has 0 aliphatic carbocycles. The lowest BCUT2D eigenvalue weighted by Gasteiger charge is -2.10. The molecule has 24 heavy (non-hydrogen) atoms. The molecule has 5 nitrogen and oxygen atoms in total. The maximum atomic E-state index is 12.1. The Hall–Kier alpha value is -1.70. The first-order valence-electron chi connectivity index (χ1n) is 6.80. The second-order valence-corrected chi connectivity index (χ2v) is 6.93. The Morgan fingerprint density at radius 2 is 1.88 bits per heavy atom. The topological polar surface area (TPSA) is 67.4 Å². The lowest BCUT2D eigenvalue weighted by atomic mass is 10.2. The molecule has 8 heteroatoms. The van der Waals surface area contributed by atoms with Crippen molar-refractivity contribution in [2.24, 2.45) is 0 Å². The number of carbonyl (C=O) groups excluding carboxylic acids is 2. The average molecular weight is 430 g/mol. The molecule has 2 aromatic rings. The summed E-state index contributed by atoms with van der Waals surface area (Å²) >= 11 is 10.4. The van der Waals surface area contributed by atoms with Gasteiger partial charge in [-0.3, -0.25) is 20.4 Å². The maximum absolute atomic E-state index is 12.1.